The maximum atomic E-state index is 13.8. The first-order valence-electron chi connectivity index (χ1n) is 7.90. The average molecular weight is 361 g/mol. The lowest BCUT2D eigenvalue weighted by atomic mass is 10.1. The van der Waals surface area contributed by atoms with E-state index in [4.69, 9.17) is 4.74 Å². The van der Waals surface area contributed by atoms with E-state index in [0.717, 1.165) is 0 Å². The van der Waals surface area contributed by atoms with Crippen molar-refractivity contribution in [2.45, 2.75) is 26.4 Å². The van der Waals surface area contributed by atoms with E-state index in [1.165, 1.54) is 41.2 Å². The maximum absolute atomic E-state index is 13.8. The molecule has 0 fully saturated rings. The number of hydrogen-bond acceptors (Lipinski definition) is 4. The predicted molar refractivity (Wildman–Crippen MR) is 92.9 cm³/mol. The van der Waals surface area contributed by atoms with E-state index in [0.29, 0.717) is 0 Å². The van der Waals surface area contributed by atoms with Gasteiger partial charge < -0.3 is 10.1 Å². The molecule has 0 radical (unpaired) electrons. The molecule has 26 heavy (non-hydrogen) atoms. The number of ether oxygens (including phenoxy) is 1. The van der Waals surface area contributed by atoms with Gasteiger partial charge in [-0.1, -0.05) is 12.1 Å². The van der Waals surface area contributed by atoms with Gasteiger partial charge in [0.15, 0.2) is 0 Å². The lowest BCUT2D eigenvalue weighted by molar-refractivity contribution is -0.116. The fourth-order valence-corrected chi connectivity index (χ4v) is 2.09. The normalized spacial score (nSPS) is 10.9. The van der Waals surface area contributed by atoms with Gasteiger partial charge in [0, 0.05) is 6.20 Å². The molecule has 2 rings (SSSR count). The van der Waals surface area contributed by atoms with Crippen LogP contribution in [0.3, 0.4) is 0 Å². The van der Waals surface area contributed by atoms with Crippen LogP contribution in [0.25, 0.3) is 0 Å². The quantitative estimate of drug-likeness (QED) is 0.801. The zero-order chi connectivity index (χ0) is 19.3. The second kappa shape index (κ2) is 7.81. The first-order valence-corrected chi connectivity index (χ1v) is 7.90. The standard InChI is InChI=1S/C18H20FN3O4/c1-18(2,3)26-17(25)20-11-15(23)21-22-10-6-9-14(22)16(24)12-7-4-5-8-13(12)19/h4-10H,11H2,1-3H3,(H,20,25)(H,21,23). The molecule has 0 spiro atoms. The number of aromatic nitrogens is 1. The van der Waals surface area contributed by atoms with Gasteiger partial charge in [0.2, 0.25) is 5.78 Å². The van der Waals surface area contributed by atoms with Gasteiger partial charge in [0.1, 0.15) is 23.7 Å². The fourth-order valence-electron chi connectivity index (χ4n) is 2.09. The molecule has 1 aromatic carbocycles. The zero-order valence-corrected chi connectivity index (χ0v) is 14.7. The van der Waals surface area contributed by atoms with Crippen molar-refractivity contribution in [1.82, 2.24) is 9.99 Å². The summed E-state index contributed by atoms with van der Waals surface area (Å²) in [5.41, 5.74) is 1.74. The Morgan fingerprint density at radius 3 is 2.46 bits per heavy atom. The minimum absolute atomic E-state index is 0.0840. The molecule has 0 saturated carbocycles. The van der Waals surface area contributed by atoms with Crippen LogP contribution in [0.2, 0.25) is 0 Å². The Bertz CT molecular complexity index is 824. The van der Waals surface area contributed by atoms with Crippen molar-refractivity contribution in [3.63, 3.8) is 0 Å². The van der Waals surface area contributed by atoms with Gasteiger partial charge in [0.25, 0.3) is 5.91 Å². The van der Waals surface area contributed by atoms with Crippen molar-refractivity contribution >= 4 is 17.8 Å². The number of amides is 2. The number of rotatable bonds is 5. The molecular formula is C18H20FN3O4. The number of nitrogens with zero attached hydrogens (tertiary/aromatic N) is 1. The van der Waals surface area contributed by atoms with E-state index in [2.05, 4.69) is 10.7 Å². The SMILES string of the molecule is CC(C)(C)OC(=O)NCC(=O)Nn1cccc1C(=O)c1ccccc1F. The smallest absolute Gasteiger partial charge is 0.408 e. The van der Waals surface area contributed by atoms with Crippen molar-refractivity contribution in [2.75, 3.05) is 12.0 Å². The Morgan fingerprint density at radius 1 is 1.12 bits per heavy atom. The van der Waals surface area contributed by atoms with Gasteiger partial charge >= 0.3 is 6.09 Å². The molecule has 7 nitrogen and oxygen atoms in total. The van der Waals surface area contributed by atoms with Crippen molar-refractivity contribution in [1.29, 1.82) is 0 Å². The fraction of sp³-hybridized carbons (Fsp3) is 0.278. The van der Waals surface area contributed by atoms with E-state index in [1.54, 1.807) is 26.8 Å². The summed E-state index contributed by atoms with van der Waals surface area (Å²) in [6.45, 7) is 4.76. The summed E-state index contributed by atoms with van der Waals surface area (Å²) in [6, 6.07) is 8.57. The lowest BCUT2D eigenvalue weighted by Gasteiger charge is -2.19. The molecular weight excluding hydrogens is 341 g/mol. The van der Waals surface area contributed by atoms with E-state index in [9.17, 15) is 18.8 Å². The van der Waals surface area contributed by atoms with Crippen LogP contribution in [-0.2, 0) is 9.53 Å². The highest BCUT2D eigenvalue weighted by Crippen LogP contribution is 2.13. The minimum Gasteiger partial charge on any atom is -0.444 e. The van der Waals surface area contributed by atoms with Crippen LogP contribution in [0.5, 0.6) is 0 Å². The van der Waals surface area contributed by atoms with E-state index in [-0.39, 0.29) is 17.8 Å². The van der Waals surface area contributed by atoms with Crippen molar-refractivity contribution in [2.24, 2.45) is 0 Å². The summed E-state index contributed by atoms with van der Waals surface area (Å²) >= 11 is 0. The Kier molecular flexibility index (Phi) is 5.76. The number of nitrogens with one attached hydrogen (secondary N) is 2. The summed E-state index contributed by atoms with van der Waals surface area (Å²) in [4.78, 5) is 36.0. The van der Waals surface area contributed by atoms with Crippen molar-refractivity contribution in [3.05, 3.63) is 59.7 Å². The summed E-state index contributed by atoms with van der Waals surface area (Å²) in [6.07, 6.45) is 0.710. The molecule has 0 aliphatic carbocycles. The Hall–Kier alpha value is -3.16. The van der Waals surface area contributed by atoms with Crippen LogP contribution < -0.4 is 10.7 Å². The molecule has 1 aromatic heterocycles. The van der Waals surface area contributed by atoms with Gasteiger partial charge in [-0.25, -0.2) is 9.18 Å². The number of ketones is 1. The first kappa shape index (κ1) is 19.2. The van der Waals surface area contributed by atoms with E-state index < -0.39 is 29.2 Å². The van der Waals surface area contributed by atoms with Crippen LogP contribution in [0.1, 0.15) is 36.8 Å². The summed E-state index contributed by atoms with van der Waals surface area (Å²) in [5, 5.41) is 2.31. The number of halogens is 1. The van der Waals surface area contributed by atoms with Crippen molar-refractivity contribution < 1.29 is 23.5 Å². The molecule has 2 N–H and O–H groups in total. The number of benzene rings is 1. The Balaban J connectivity index is 2.00. The van der Waals surface area contributed by atoms with Gasteiger partial charge in [-0.05, 0) is 45.0 Å². The van der Waals surface area contributed by atoms with Gasteiger partial charge in [-0.15, -0.1) is 0 Å². The third-order valence-corrected chi connectivity index (χ3v) is 3.14. The molecule has 0 atom stereocenters. The van der Waals surface area contributed by atoms with Gasteiger partial charge in [-0.3, -0.25) is 19.7 Å². The molecule has 138 valence electrons. The zero-order valence-electron chi connectivity index (χ0n) is 14.7. The van der Waals surface area contributed by atoms with E-state index in [1.807, 2.05) is 0 Å². The number of carbonyl (C=O) groups is 3. The molecule has 0 saturated heterocycles. The van der Waals surface area contributed by atoms with Crippen LogP contribution in [0.15, 0.2) is 42.6 Å². The molecule has 2 amide bonds. The second-order valence-corrected chi connectivity index (χ2v) is 6.46. The molecule has 0 aliphatic heterocycles. The number of hydrogen-bond donors (Lipinski definition) is 2. The van der Waals surface area contributed by atoms with Crippen LogP contribution in [0, 0.1) is 5.82 Å². The topological polar surface area (TPSA) is 89.4 Å². The lowest BCUT2D eigenvalue weighted by Crippen LogP contribution is -2.39. The highest BCUT2D eigenvalue weighted by molar-refractivity contribution is 6.08. The first-order chi connectivity index (χ1) is 12.2. The predicted octanol–water partition coefficient (Wildman–Crippen LogP) is 2.45. The minimum atomic E-state index is -0.734. The molecule has 8 heteroatoms. The second-order valence-electron chi connectivity index (χ2n) is 6.46. The van der Waals surface area contributed by atoms with Crippen LogP contribution in [-0.4, -0.2) is 34.6 Å². The molecule has 0 aliphatic rings. The van der Waals surface area contributed by atoms with Gasteiger partial charge in [-0.2, -0.15) is 0 Å². The largest absolute Gasteiger partial charge is 0.444 e. The maximum Gasteiger partial charge on any atom is 0.408 e. The van der Waals surface area contributed by atoms with E-state index >= 15 is 0 Å². The third-order valence-electron chi connectivity index (χ3n) is 3.14. The number of alkyl carbamates (subject to hydrolysis) is 1. The monoisotopic (exact) mass is 361 g/mol. The highest BCUT2D eigenvalue weighted by Gasteiger charge is 2.19. The van der Waals surface area contributed by atoms with Crippen LogP contribution in [0.4, 0.5) is 9.18 Å². The Labute approximate surface area is 150 Å². The molecule has 1 heterocycles. The van der Waals surface area contributed by atoms with Gasteiger partial charge in [0.05, 0.1) is 5.56 Å². The molecule has 2 aromatic rings. The summed E-state index contributed by atoms with van der Waals surface area (Å²) in [7, 11) is 0. The highest BCUT2D eigenvalue weighted by atomic mass is 19.1. The summed E-state index contributed by atoms with van der Waals surface area (Å²) < 4.78 is 20.0. The third kappa shape index (κ3) is 5.17. The van der Waals surface area contributed by atoms with Crippen molar-refractivity contribution in [3.8, 4) is 0 Å². The average Bonchev–Trinajstić information content (AvgIpc) is 2.99. The number of carbonyl (C=O) groups excluding carboxylic acids is 3. The molecule has 0 bridgehead atoms. The molecule has 0 unspecified atom stereocenters. The Morgan fingerprint density at radius 2 is 1.81 bits per heavy atom. The van der Waals surface area contributed by atoms with Crippen LogP contribution >= 0.6 is 0 Å². The summed E-state index contributed by atoms with van der Waals surface area (Å²) in [5.74, 6) is -1.80.